The number of fused-ring (bicyclic) bond motifs is 1. The molecule has 0 unspecified atom stereocenters. The van der Waals surface area contributed by atoms with E-state index < -0.39 is 0 Å². The summed E-state index contributed by atoms with van der Waals surface area (Å²) in [7, 11) is 3.36. The van der Waals surface area contributed by atoms with E-state index in [1.807, 2.05) is 12.1 Å². The van der Waals surface area contributed by atoms with Crippen LogP contribution in [-0.2, 0) is 6.54 Å². The standard InChI is InChI=1S/C19H23N5O2/c1-25-15-7-3-5-14(18(15)26-2)12-24-10-4-6-13(11-24)16-17-19(23-22-16)21-9-8-20-17/h3,5,7-9,13H,4,6,10-12H2,1-2H3,(H,21,22,23)/t13-/m0/s1. The molecule has 7 nitrogen and oxygen atoms in total. The normalized spacial score (nSPS) is 18.2. The van der Waals surface area contributed by atoms with Crippen molar-refractivity contribution >= 4 is 11.2 Å². The first-order chi connectivity index (χ1) is 12.8. The number of para-hydroxylation sites is 1. The Morgan fingerprint density at radius 1 is 1.19 bits per heavy atom. The van der Waals surface area contributed by atoms with Gasteiger partial charge in [-0.25, -0.2) is 9.97 Å². The van der Waals surface area contributed by atoms with Crippen molar-refractivity contribution in [1.82, 2.24) is 25.1 Å². The van der Waals surface area contributed by atoms with Crippen LogP contribution in [0.25, 0.3) is 11.2 Å². The highest BCUT2D eigenvalue weighted by atomic mass is 16.5. The van der Waals surface area contributed by atoms with Gasteiger partial charge in [0.25, 0.3) is 0 Å². The summed E-state index contributed by atoms with van der Waals surface area (Å²) in [6.45, 7) is 2.84. The number of hydrogen-bond acceptors (Lipinski definition) is 6. The van der Waals surface area contributed by atoms with Crippen LogP contribution in [0.4, 0.5) is 0 Å². The van der Waals surface area contributed by atoms with Gasteiger partial charge in [-0.05, 0) is 25.5 Å². The van der Waals surface area contributed by atoms with Crippen LogP contribution in [0.1, 0.15) is 30.0 Å². The number of likely N-dealkylation sites (tertiary alicyclic amines) is 1. The minimum absolute atomic E-state index is 0.377. The van der Waals surface area contributed by atoms with E-state index in [1.165, 1.54) is 0 Å². The molecule has 4 rings (SSSR count). The van der Waals surface area contributed by atoms with E-state index in [0.29, 0.717) is 11.6 Å². The maximum absolute atomic E-state index is 5.58. The molecule has 0 spiro atoms. The van der Waals surface area contributed by atoms with Gasteiger partial charge in [0, 0.05) is 37.0 Å². The van der Waals surface area contributed by atoms with E-state index in [1.54, 1.807) is 26.6 Å². The van der Waals surface area contributed by atoms with Crippen LogP contribution in [0, 0.1) is 0 Å². The van der Waals surface area contributed by atoms with Gasteiger partial charge in [0.05, 0.1) is 19.9 Å². The summed E-state index contributed by atoms with van der Waals surface area (Å²) < 4.78 is 11.0. The summed E-state index contributed by atoms with van der Waals surface area (Å²) >= 11 is 0. The molecule has 1 aliphatic rings. The Bertz CT molecular complexity index is 895. The predicted molar refractivity (Wildman–Crippen MR) is 98.5 cm³/mol. The molecule has 0 radical (unpaired) electrons. The molecule has 0 amide bonds. The SMILES string of the molecule is COc1cccc(CN2CCC[C@H](c3[nH]nc4nccnc34)C2)c1OC. The minimum Gasteiger partial charge on any atom is -0.493 e. The van der Waals surface area contributed by atoms with E-state index in [2.05, 4.69) is 31.1 Å². The Labute approximate surface area is 152 Å². The number of nitrogens with one attached hydrogen (secondary N) is 1. The third-order valence-electron chi connectivity index (χ3n) is 5.01. The van der Waals surface area contributed by atoms with Crippen molar-refractivity contribution in [2.75, 3.05) is 27.3 Å². The number of benzene rings is 1. The Balaban J connectivity index is 1.54. The number of ether oxygens (including phenoxy) is 2. The second kappa shape index (κ2) is 7.29. The van der Waals surface area contributed by atoms with Crippen molar-refractivity contribution in [3.63, 3.8) is 0 Å². The van der Waals surface area contributed by atoms with Gasteiger partial charge in [-0.3, -0.25) is 10.00 Å². The van der Waals surface area contributed by atoms with E-state index in [0.717, 1.165) is 60.7 Å². The first-order valence-corrected chi connectivity index (χ1v) is 8.87. The summed E-state index contributed by atoms with van der Waals surface area (Å²) in [6.07, 6.45) is 5.66. The van der Waals surface area contributed by atoms with Crippen molar-refractivity contribution in [3.05, 3.63) is 41.9 Å². The highest BCUT2D eigenvalue weighted by Crippen LogP contribution is 2.34. The number of nitrogens with zero attached hydrogens (tertiary/aromatic N) is 4. The molecule has 7 heteroatoms. The maximum atomic E-state index is 5.58. The number of hydrogen-bond donors (Lipinski definition) is 1. The van der Waals surface area contributed by atoms with Crippen LogP contribution < -0.4 is 9.47 Å². The first-order valence-electron chi connectivity index (χ1n) is 8.87. The Hall–Kier alpha value is -2.67. The van der Waals surface area contributed by atoms with E-state index in [-0.39, 0.29) is 0 Å². The lowest BCUT2D eigenvalue weighted by atomic mass is 9.94. The van der Waals surface area contributed by atoms with Crippen LogP contribution >= 0.6 is 0 Å². The summed E-state index contributed by atoms with van der Waals surface area (Å²) in [5.74, 6) is 1.96. The number of rotatable bonds is 5. The maximum Gasteiger partial charge on any atom is 0.199 e. The molecule has 0 saturated carbocycles. The molecular formula is C19H23N5O2. The molecule has 1 fully saturated rings. The lowest BCUT2D eigenvalue weighted by molar-refractivity contribution is 0.196. The molecule has 3 aromatic rings. The molecule has 1 saturated heterocycles. The van der Waals surface area contributed by atoms with Gasteiger partial charge in [-0.2, -0.15) is 5.10 Å². The van der Waals surface area contributed by atoms with Crippen molar-refractivity contribution in [2.45, 2.75) is 25.3 Å². The van der Waals surface area contributed by atoms with Crippen LogP contribution in [-0.4, -0.2) is 52.4 Å². The Morgan fingerprint density at radius 3 is 2.92 bits per heavy atom. The number of methoxy groups -OCH3 is 2. The monoisotopic (exact) mass is 353 g/mol. The Kier molecular flexibility index (Phi) is 4.71. The third-order valence-corrected chi connectivity index (χ3v) is 5.01. The molecule has 26 heavy (non-hydrogen) atoms. The van der Waals surface area contributed by atoms with Crippen LogP contribution in [0.15, 0.2) is 30.6 Å². The van der Waals surface area contributed by atoms with Gasteiger partial charge in [0.2, 0.25) is 0 Å². The number of aromatic nitrogens is 4. The Morgan fingerprint density at radius 2 is 2.08 bits per heavy atom. The molecule has 1 aliphatic heterocycles. The average molecular weight is 353 g/mol. The predicted octanol–water partition coefficient (Wildman–Crippen LogP) is 2.75. The molecule has 0 bridgehead atoms. The van der Waals surface area contributed by atoms with Crippen molar-refractivity contribution in [2.24, 2.45) is 0 Å². The van der Waals surface area contributed by atoms with Crippen LogP contribution in [0.3, 0.4) is 0 Å². The molecule has 2 aromatic heterocycles. The topological polar surface area (TPSA) is 76.2 Å². The van der Waals surface area contributed by atoms with Gasteiger partial charge in [0.15, 0.2) is 17.1 Å². The smallest absolute Gasteiger partial charge is 0.199 e. The van der Waals surface area contributed by atoms with Gasteiger partial charge in [-0.1, -0.05) is 12.1 Å². The van der Waals surface area contributed by atoms with Crippen molar-refractivity contribution < 1.29 is 9.47 Å². The highest BCUT2D eigenvalue weighted by Gasteiger charge is 2.26. The van der Waals surface area contributed by atoms with E-state index in [4.69, 9.17) is 9.47 Å². The molecule has 1 N–H and O–H groups in total. The van der Waals surface area contributed by atoms with Crippen LogP contribution in [0.5, 0.6) is 11.5 Å². The fraction of sp³-hybridized carbons (Fsp3) is 0.421. The third kappa shape index (κ3) is 3.10. The first kappa shape index (κ1) is 16.8. The average Bonchev–Trinajstić information content (AvgIpc) is 3.12. The summed E-state index contributed by atoms with van der Waals surface area (Å²) in [5.41, 5.74) is 3.81. The van der Waals surface area contributed by atoms with Crippen molar-refractivity contribution in [1.29, 1.82) is 0 Å². The fourth-order valence-corrected chi connectivity index (χ4v) is 3.81. The zero-order valence-corrected chi connectivity index (χ0v) is 15.1. The quantitative estimate of drug-likeness (QED) is 0.760. The second-order valence-electron chi connectivity index (χ2n) is 6.59. The minimum atomic E-state index is 0.377. The van der Waals surface area contributed by atoms with E-state index >= 15 is 0 Å². The van der Waals surface area contributed by atoms with Crippen LogP contribution in [0.2, 0.25) is 0 Å². The van der Waals surface area contributed by atoms with Gasteiger partial charge in [0.1, 0.15) is 5.52 Å². The summed E-state index contributed by atoms with van der Waals surface area (Å²) in [5, 5.41) is 7.46. The lowest BCUT2D eigenvalue weighted by Gasteiger charge is -2.32. The molecule has 136 valence electrons. The molecular weight excluding hydrogens is 330 g/mol. The molecule has 3 heterocycles. The largest absolute Gasteiger partial charge is 0.493 e. The van der Waals surface area contributed by atoms with Gasteiger partial charge >= 0.3 is 0 Å². The molecule has 1 aromatic carbocycles. The molecule has 1 atom stereocenters. The number of aromatic amines is 1. The second-order valence-corrected chi connectivity index (χ2v) is 6.59. The molecule has 0 aliphatic carbocycles. The number of piperidine rings is 1. The zero-order valence-electron chi connectivity index (χ0n) is 15.1. The van der Waals surface area contributed by atoms with Crippen molar-refractivity contribution in [3.8, 4) is 11.5 Å². The van der Waals surface area contributed by atoms with E-state index in [9.17, 15) is 0 Å². The van der Waals surface area contributed by atoms with Gasteiger partial charge < -0.3 is 9.47 Å². The zero-order chi connectivity index (χ0) is 17.9. The summed E-state index contributed by atoms with van der Waals surface area (Å²) in [4.78, 5) is 11.2. The summed E-state index contributed by atoms with van der Waals surface area (Å²) in [6, 6.07) is 6.04. The number of H-pyrrole nitrogens is 1. The lowest BCUT2D eigenvalue weighted by Crippen LogP contribution is -2.34. The van der Waals surface area contributed by atoms with Gasteiger partial charge in [-0.15, -0.1) is 0 Å². The highest BCUT2D eigenvalue weighted by molar-refractivity contribution is 5.72. The fourth-order valence-electron chi connectivity index (χ4n) is 3.81.